The fourth-order valence-electron chi connectivity index (χ4n) is 2.70. The summed E-state index contributed by atoms with van der Waals surface area (Å²) in [6.45, 7) is 2.76. The first kappa shape index (κ1) is 15.2. The predicted octanol–water partition coefficient (Wildman–Crippen LogP) is 3.63. The monoisotopic (exact) mass is 290 g/mol. The zero-order chi connectivity index (χ0) is 14.6. The first-order valence-electron chi connectivity index (χ1n) is 7.11. The van der Waals surface area contributed by atoms with Crippen LogP contribution in [0.4, 0.5) is 5.69 Å². The molecule has 3 nitrogen and oxygen atoms in total. The van der Waals surface area contributed by atoms with E-state index in [2.05, 4.69) is 18.3 Å². The molecule has 0 aromatic heterocycles. The molecular formula is C16H22N2OS. The summed E-state index contributed by atoms with van der Waals surface area (Å²) in [7, 11) is 0. The van der Waals surface area contributed by atoms with Crippen LogP contribution in [0.3, 0.4) is 0 Å². The van der Waals surface area contributed by atoms with Gasteiger partial charge in [0.15, 0.2) is 0 Å². The topological polar surface area (TPSA) is 56.0 Å². The van der Waals surface area contributed by atoms with E-state index in [1.807, 2.05) is 24.5 Å². The average molecular weight is 290 g/mol. The highest BCUT2D eigenvalue weighted by atomic mass is 32.2. The fraction of sp³-hybridized carbons (Fsp3) is 0.562. The van der Waals surface area contributed by atoms with Gasteiger partial charge in [0.1, 0.15) is 6.07 Å². The van der Waals surface area contributed by atoms with E-state index in [9.17, 15) is 10.4 Å². The van der Waals surface area contributed by atoms with Crippen LogP contribution in [-0.2, 0) is 0 Å². The number of nitriles is 1. The zero-order valence-corrected chi connectivity index (χ0v) is 13.0. The molecule has 1 aromatic rings. The van der Waals surface area contributed by atoms with Crippen molar-refractivity contribution in [1.82, 2.24) is 0 Å². The number of nitrogens with one attached hydrogen (secondary N) is 1. The van der Waals surface area contributed by atoms with Gasteiger partial charge in [0.05, 0.1) is 16.9 Å². The lowest BCUT2D eigenvalue weighted by atomic mass is 9.79. The molecule has 4 heteroatoms. The molecule has 2 N–H and O–H groups in total. The van der Waals surface area contributed by atoms with Crippen LogP contribution >= 0.6 is 11.8 Å². The third kappa shape index (κ3) is 3.47. The number of rotatable bonds is 4. The van der Waals surface area contributed by atoms with Gasteiger partial charge in [0, 0.05) is 11.4 Å². The van der Waals surface area contributed by atoms with Crippen LogP contribution < -0.4 is 5.32 Å². The quantitative estimate of drug-likeness (QED) is 0.831. The van der Waals surface area contributed by atoms with E-state index in [-0.39, 0.29) is 0 Å². The molecule has 0 unspecified atom stereocenters. The van der Waals surface area contributed by atoms with Crippen LogP contribution in [0.2, 0.25) is 0 Å². The van der Waals surface area contributed by atoms with Crippen molar-refractivity contribution in [3.05, 3.63) is 23.8 Å². The Hall–Kier alpha value is -1.18. The molecule has 0 spiro atoms. The van der Waals surface area contributed by atoms with Gasteiger partial charge in [-0.05, 0) is 50.0 Å². The molecule has 0 atom stereocenters. The first-order valence-corrected chi connectivity index (χ1v) is 8.34. The maximum absolute atomic E-state index is 10.6. The van der Waals surface area contributed by atoms with Gasteiger partial charge >= 0.3 is 0 Å². The molecule has 0 saturated heterocycles. The Morgan fingerprint density at radius 3 is 2.75 bits per heavy atom. The van der Waals surface area contributed by atoms with Gasteiger partial charge < -0.3 is 10.4 Å². The van der Waals surface area contributed by atoms with E-state index >= 15 is 0 Å². The van der Waals surface area contributed by atoms with Crippen molar-refractivity contribution in [2.45, 2.75) is 43.1 Å². The molecule has 1 fully saturated rings. The second kappa shape index (κ2) is 6.51. The van der Waals surface area contributed by atoms with Gasteiger partial charge in [-0.1, -0.05) is 13.0 Å². The van der Waals surface area contributed by atoms with Crippen molar-refractivity contribution in [3.8, 4) is 6.07 Å². The van der Waals surface area contributed by atoms with Gasteiger partial charge in [-0.15, -0.1) is 11.8 Å². The highest BCUT2D eigenvalue weighted by molar-refractivity contribution is 7.98. The number of hydrogen-bond donors (Lipinski definition) is 2. The van der Waals surface area contributed by atoms with E-state index < -0.39 is 5.60 Å². The minimum atomic E-state index is -0.630. The van der Waals surface area contributed by atoms with Crippen molar-refractivity contribution in [2.24, 2.45) is 5.92 Å². The average Bonchev–Trinajstić information content (AvgIpc) is 2.48. The standard InChI is InChI=1S/C16H22N2OS/c1-12-6-8-16(19,9-7-12)11-18-14-4-3-5-15(20-2)13(14)10-17/h3-5,12,18-19H,6-9,11H2,1-2H3. The summed E-state index contributed by atoms with van der Waals surface area (Å²) in [6, 6.07) is 8.06. The molecule has 108 valence electrons. The third-order valence-corrected chi connectivity index (χ3v) is 4.95. The Morgan fingerprint density at radius 2 is 2.15 bits per heavy atom. The van der Waals surface area contributed by atoms with Crippen molar-refractivity contribution in [3.63, 3.8) is 0 Å². The van der Waals surface area contributed by atoms with Crippen molar-refractivity contribution >= 4 is 17.4 Å². The zero-order valence-electron chi connectivity index (χ0n) is 12.1. The summed E-state index contributed by atoms with van der Waals surface area (Å²) in [5.74, 6) is 0.713. The molecule has 20 heavy (non-hydrogen) atoms. The first-order chi connectivity index (χ1) is 9.58. The Kier molecular flexibility index (Phi) is 4.95. The van der Waals surface area contributed by atoms with Crippen LogP contribution in [0.1, 0.15) is 38.2 Å². The summed E-state index contributed by atoms with van der Waals surface area (Å²) in [6.07, 6.45) is 5.80. The largest absolute Gasteiger partial charge is 0.388 e. The molecule has 1 aliphatic carbocycles. The number of aliphatic hydroxyl groups is 1. The van der Waals surface area contributed by atoms with Gasteiger partial charge in [-0.2, -0.15) is 5.26 Å². The Balaban J connectivity index is 2.06. The van der Waals surface area contributed by atoms with E-state index in [1.165, 1.54) is 0 Å². The van der Waals surface area contributed by atoms with Crippen LogP contribution in [-0.4, -0.2) is 23.5 Å². The highest BCUT2D eigenvalue weighted by Gasteiger charge is 2.31. The molecule has 1 aliphatic rings. The molecule has 2 rings (SSSR count). The number of anilines is 1. The summed E-state index contributed by atoms with van der Waals surface area (Å²) in [4.78, 5) is 0.974. The second-order valence-corrected chi connectivity index (χ2v) is 6.60. The molecule has 0 radical (unpaired) electrons. The van der Waals surface area contributed by atoms with Gasteiger partial charge in [0.2, 0.25) is 0 Å². The normalized spacial score (nSPS) is 26.0. The van der Waals surface area contributed by atoms with Gasteiger partial charge in [-0.3, -0.25) is 0 Å². The minimum Gasteiger partial charge on any atom is -0.388 e. The molecule has 0 heterocycles. The van der Waals surface area contributed by atoms with Crippen LogP contribution in [0.25, 0.3) is 0 Å². The highest BCUT2D eigenvalue weighted by Crippen LogP contribution is 2.33. The van der Waals surface area contributed by atoms with E-state index in [0.29, 0.717) is 18.0 Å². The lowest BCUT2D eigenvalue weighted by Crippen LogP contribution is -2.40. The number of nitrogens with zero attached hydrogens (tertiary/aromatic N) is 1. The lowest BCUT2D eigenvalue weighted by molar-refractivity contribution is 0.00501. The SMILES string of the molecule is CSc1cccc(NCC2(O)CCC(C)CC2)c1C#N. The fourth-order valence-corrected chi connectivity index (χ4v) is 3.27. The summed E-state index contributed by atoms with van der Waals surface area (Å²) in [5, 5.41) is 23.2. The summed E-state index contributed by atoms with van der Waals surface area (Å²) < 4.78 is 0. The molecule has 1 saturated carbocycles. The minimum absolute atomic E-state index is 0.520. The number of benzene rings is 1. The van der Waals surface area contributed by atoms with Crippen LogP contribution in [0.5, 0.6) is 0 Å². The third-order valence-electron chi connectivity index (χ3n) is 4.17. The molecule has 0 aliphatic heterocycles. The van der Waals surface area contributed by atoms with Crippen LogP contribution in [0, 0.1) is 17.2 Å². The molecular weight excluding hydrogens is 268 g/mol. The Labute approximate surface area is 125 Å². The second-order valence-electron chi connectivity index (χ2n) is 5.76. The van der Waals surface area contributed by atoms with Crippen LogP contribution in [0.15, 0.2) is 23.1 Å². The number of hydrogen-bond acceptors (Lipinski definition) is 4. The van der Waals surface area contributed by atoms with E-state index in [0.717, 1.165) is 36.3 Å². The van der Waals surface area contributed by atoms with Crippen molar-refractivity contribution < 1.29 is 5.11 Å². The lowest BCUT2D eigenvalue weighted by Gasteiger charge is -2.35. The smallest absolute Gasteiger partial charge is 0.102 e. The van der Waals surface area contributed by atoms with E-state index in [1.54, 1.807) is 11.8 Å². The Morgan fingerprint density at radius 1 is 1.45 bits per heavy atom. The molecule has 0 amide bonds. The van der Waals surface area contributed by atoms with E-state index in [4.69, 9.17) is 0 Å². The van der Waals surface area contributed by atoms with Crippen molar-refractivity contribution in [1.29, 1.82) is 5.26 Å². The van der Waals surface area contributed by atoms with Gasteiger partial charge in [-0.25, -0.2) is 0 Å². The maximum Gasteiger partial charge on any atom is 0.102 e. The van der Waals surface area contributed by atoms with Crippen molar-refractivity contribution in [2.75, 3.05) is 18.1 Å². The Bertz CT molecular complexity index is 502. The molecule has 1 aromatic carbocycles. The summed E-state index contributed by atoms with van der Waals surface area (Å²) >= 11 is 1.57. The van der Waals surface area contributed by atoms with Gasteiger partial charge in [0.25, 0.3) is 0 Å². The molecule has 0 bridgehead atoms. The number of thioether (sulfide) groups is 1. The summed E-state index contributed by atoms with van der Waals surface area (Å²) in [5.41, 5.74) is 0.869. The maximum atomic E-state index is 10.6. The predicted molar refractivity (Wildman–Crippen MR) is 84.0 cm³/mol.